The lowest BCUT2D eigenvalue weighted by atomic mass is 10.1. The summed E-state index contributed by atoms with van der Waals surface area (Å²) in [6.07, 6.45) is 3.77. The number of methoxy groups -OCH3 is 1. The fourth-order valence-electron chi connectivity index (χ4n) is 1.95. The number of aromatic nitrogens is 2. The Kier molecular flexibility index (Phi) is 4.58. The Bertz CT molecular complexity index is 493. The van der Waals surface area contributed by atoms with Crippen molar-refractivity contribution >= 4 is 5.95 Å². The summed E-state index contributed by atoms with van der Waals surface area (Å²) in [7, 11) is 1.72. The molecule has 4 heteroatoms. The van der Waals surface area contributed by atoms with Crippen LogP contribution in [0.4, 0.5) is 5.95 Å². The fourth-order valence-corrected chi connectivity index (χ4v) is 1.95. The second kappa shape index (κ2) is 6.38. The summed E-state index contributed by atoms with van der Waals surface area (Å²) < 4.78 is 7.31. The van der Waals surface area contributed by atoms with E-state index in [1.54, 1.807) is 13.3 Å². The van der Waals surface area contributed by atoms with Gasteiger partial charge < -0.3 is 10.1 Å². The first-order valence-electron chi connectivity index (χ1n) is 6.56. The first-order chi connectivity index (χ1) is 9.22. The highest BCUT2D eigenvalue weighted by molar-refractivity contribution is 5.42. The van der Waals surface area contributed by atoms with E-state index in [0.717, 1.165) is 11.6 Å². The molecule has 1 aromatic heterocycles. The first kappa shape index (κ1) is 13.6. The van der Waals surface area contributed by atoms with Gasteiger partial charge in [-0.25, -0.2) is 4.98 Å². The number of rotatable bonds is 6. The molecule has 0 saturated heterocycles. The molecular weight excluding hydrogens is 238 g/mol. The van der Waals surface area contributed by atoms with Crippen LogP contribution < -0.4 is 5.32 Å². The molecule has 1 atom stereocenters. The van der Waals surface area contributed by atoms with Gasteiger partial charge in [0.1, 0.15) is 0 Å². The zero-order chi connectivity index (χ0) is 13.7. The summed E-state index contributed by atoms with van der Waals surface area (Å²) in [5, 5.41) is 3.45. The molecule has 0 amide bonds. The normalized spacial score (nSPS) is 12.6. The zero-order valence-corrected chi connectivity index (χ0v) is 11.7. The summed E-state index contributed by atoms with van der Waals surface area (Å²) >= 11 is 0. The zero-order valence-electron chi connectivity index (χ0n) is 11.7. The van der Waals surface area contributed by atoms with E-state index in [9.17, 15) is 0 Å². The monoisotopic (exact) mass is 259 g/mol. The van der Waals surface area contributed by atoms with Crippen LogP contribution in [-0.2, 0) is 4.74 Å². The standard InChI is InChI=1S/C15H21N3O/c1-12(2)14(11-19-3)17-15-16-9-10-18(15)13-7-5-4-6-8-13/h4-10,12,14H,11H2,1-3H3,(H,16,17). The smallest absolute Gasteiger partial charge is 0.207 e. The fraction of sp³-hybridized carbons (Fsp3) is 0.400. The van der Waals surface area contributed by atoms with Gasteiger partial charge >= 0.3 is 0 Å². The average Bonchev–Trinajstić information content (AvgIpc) is 2.87. The first-order valence-corrected chi connectivity index (χ1v) is 6.56. The molecule has 0 aliphatic rings. The Hall–Kier alpha value is -1.81. The molecule has 2 rings (SSSR count). The maximum absolute atomic E-state index is 5.26. The minimum absolute atomic E-state index is 0.245. The summed E-state index contributed by atoms with van der Waals surface area (Å²) in [5.41, 5.74) is 1.10. The molecule has 1 heterocycles. The minimum atomic E-state index is 0.245. The van der Waals surface area contributed by atoms with Gasteiger partial charge in [0.2, 0.25) is 5.95 Å². The maximum Gasteiger partial charge on any atom is 0.207 e. The number of hydrogen-bond donors (Lipinski definition) is 1. The Morgan fingerprint density at radius 3 is 2.63 bits per heavy atom. The molecule has 19 heavy (non-hydrogen) atoms. The Labute approximate surface area is 114 Å². The predicted molar refractivity (Wildman–Crippen MR) is 77.7 cm³/mol. The Morgan fingerprint density at radius 1 is 1.26 bits per heavy atom. The molecule has 0 aliphatic heterocycles. The van der Waals surface area contributed by atoms with Gasteiger partial charge in [-0.1, -0.05) is 32.0 Å². The third-order valence-electron chi connectivity index (χ3n) is 3.14. The summed E-state index contributed by atoms with van der Waals surface area (Å²) in [6.45, 7) is 5.01. The van der Waals surface area contributed by atoms with Gasteiger partial charge in [-0.15, -0.1) is 0 Å². The van der Waals surface area contributed by atoms with Gasteiger partial charge in [-0.3, -0.25) is 4.57 Å². The van der Waals surface area contributed by atoms with E-state index in [1.807, 2.05) is 29.0 Å². The van der Waals surface area contributed by atoms with Crippen LogP contribution in [0.3, 0.4) is 0 Å². The number of para-hydroxylation sites is 1. The Balaban J connectivity index is 2.20. The number of ether oxygens (including phenoxy) is 1. The number of nitrogens with one attached hydrogen (secondary N) is 1. The number of imidazole rings is 1. The lowest BCUT2D eigenvalue weighted by Crippen LogP contribution is -2.31. The molecule has 1 unspecified atom stereocenters. The van der Waals surface area contributed by atoms with Crippen LogP contribution in [0.2, 0.25) is 0 Å². The second-order valence-corrected chi connectivity index (χ2v) is 4.91. The van der Waals surface area contributed by atoms with Gasteiger partial charge in [-0.2, -0.15) is 0 Å². The predicted octanol–water partition coefficient (Wildman–Crippen LogP) is 2.96. The number of benzene rings is 1. The van der Waals surface area contributed by atoms with Crippen LogP contribution >= 0.6 is 0 Å². The lowest BCUT2D eigenvalue weighted by molar-refractivity contribution is 0.171. The highest BCUT2D eigenvalue weighted by Gasteiger charge is 2.15. The summed E-state index contributed by atoms with van der Waals surface area (Å²) in [6, 6.07) is 10.4. The van der Waals surface area contributed by atoms with E-state index in [-0.39, 0.29) is 6.04 Å². The third-order valence-corrected chi connectivity index (χ3v) is 3.14. The summed E-state index contributed by atoms with van der Waals surface area (Å²) in [4.78, 5) is 4.39. The lowest BCUT2D eigenvalue weighted by Gasteiger charge is -2.22. The number of hydrogen-bond acceptors (Lipinski definition) is 3. The third kappa shape index (κ3) is 3.35. The van der Waals surface area contributed by atoms with Crippen molar-refractivity contribution in [3.05, 3.63) is 42.7 Å². The average molecular weight is 259 g/mol. The van der Waals surface area contributed by atoms with Crippen molar-refractivity contribution in [3.8, 4) is 5.69 Å². The van der Waals surface area contributed by atoms with E-state index in [4.69, 9.17) is 4.74 Å². The molecule has 1 aromatic carbocycles. The van der Waals surface area contributed by atoms with E-state index in [2.05, 4.69) is 36.3 Å². The van der Waals surface area contributed by atoms with Crippen molar-refractivity contribution in [3.63, 3.8) is 0 Å². The van der Waals surface area contributed by atoms with Crippen LogP contribution in [0.5, 0.6) is 0 Å². The molecule has 102 valence electrons. The number of nitrogens with zero attached hydrogens (tertiary/aromatic N) is 2. The highest BCUT2D eigenvalue weighted by atomic mass is 16.5. The van der Waals surface area contributed by atoms with Crippen molar-refractivity contribution in [2.45, 2.75) is 19.9 Å². The largest absolute Gasteiger partial charge is 0.383 e. The van der Waals surface area contributed by atoms with Crippen molar-refractivity contribution in [2.24, 2.45) is 5.92 Å². The van der Waals surface area contributed by atoms with Crippen LogP contribution in [0.15, 0.2) is 42.7 Å². The van der Waals surface area contributed by atoms with E-state index in [0.29, 0.717) is 12.5 Å². The van der Waals surface area contributed by atoms with E-state index in [1.165, 1.54) is 0 Å². The Morgan fingerprint density at radius 2 is 2.00 bits per heavy atom. The SMILES string of the molecule is COCC(Nc1nccn1-c1ccccc1)C(C)C. The van der Waals surface area contributed by atoms with Crippen LogP contribution in [-0.4, -0.2) is 29.3 Å². The van der Waals surface area contributed by atoms with Gasteiger partial charge in [0, 0.05) is 25.2 Å². The van der Waals surface area contributed by atoms with Crippen molar-refractivity contribution in [1.82, 2.24) is 9.55 Å². The molecular formula is C15H21N3O. The molecule has 2 aromatic rings. The van der Waals surface area contributed by atoms with Gasteiger partial charge in [0.05, 0.1) is 12.6 Å². The van der Waals surface area contributed by atoms with E-state index >= 15 is 0 Å². The topological polar surface area (TPSA) is 39.1 Å². The number of anilines is 1. The quantitative estimate of drug-likeness (QED) is 0.867. The molecule has 0 radical (unpaired) electrons. The van der Waals surface area contributed by atoms with Crippen LogP contribution in [0, 0.1) is 5.92 Å². The molecule has 0 bridgehead atoms. The molecule has 4 nitrogen and oxygen atoms in total. The molecule has 0 fully saturated rings. The van der Waals surface area contributed by atoms with E-state index < -0.39 is 0 Å². The van der Waals surface area contributed by atoms with Crippen LogP contribution in [0.25, 0.3) is 5.69 Å². The van der Waals surface area contributed by atoms with Gasteiger partial charge in [-0.05, 0) is 18.1 Å². The molecule has 1 N–H and O–H groups in total. The van der Waals surface area contributed by atoms with Crippen LogP contribution in [0.1, 0.15) is 13.8 Å². The summed E-state index contributed by atoms with van der Waals surface area (Å²) in [5.74, 6) is 1.32. The van der Waals surface area contributed by atoms with Crippen molar-refractivity contribution < 1.29 is 4.74 Å². The maximum atomic E-state index is 5.26. The molecule has 0 saturated carbocycles. The van der Waals surface area contributed by atoms with Gasteiger partial charge in [0.15, 0.2) is 0 Å². The van der Waals surface area contributed by atoms with Gasteiger partial charge in [0.25, 0.3) is 0 Å². The van der Waals surface area contributed by atoms with Crippen molar-refractivity contribution in [2.75, 3.05) is 19.0 Å². The molecule has 0 spiro atoms. The van der Waals surface area contributed by atoms with Crippen molar-refractivity contribution in [1.29, 1.82) is 0 Å². The second-order valence-electron chi connectivity index (χ2n) is 4.91. The highest BCUT2D eigenvalue weighted by Crippen LogP contribution is 2.16. The minimum Gasteiger partial charge on any atom is -0.383 e. The molecule has 0 aliphatic carbocycles.